The number of carbonyl (C=O) groups is 5. The summed E-state index contributed by atoms with van der Waals surface area (Å²) in [5, 5.41) is 4.44. The molecule has 0 fully saturated rings. The lowest BCUT2D eigenvalue weighted by atomic mass is 10.1. The molecule has 1 N–H and O–H groups in total. The van der Waals surface area contributed by atoms with Crippen molar-refractivity contribution in [3.8, 4) is 5.75 Å². The van der Waals surface area contributed by atoms with E-state index in [0.29, 0.717) is 21.9 Å². The molecule has 37 heavy (non-hydrogen) atoms. The maximum atomic E-state index is 12.2. The minimum absolute atomic E-state index is 0.00512. The minimum atomic E-state index is -0.671. The molecule has 0 unspecified atom stereocenters. The average Bonchev–Trinajstić information content (AvgIpc) is 3.46. The maximum absolute atomic E-state index is 12.2. The number of Topliss-reactive ketones (excluding diaryl/α,β-unsaturated/α-hetero) is 2. The molecule has 0 bridgehead atoms. The Balaban J connectivity index is 1.35. The van der Waals surface area contributed by atoms with Crippen LogP contribution in [0.2, 0.25) is 0 Å². The Morgan fingerprint density at radius 2 is 1.46 bits per heavy atom. The number of nitrogens with one attached hydrogen (secondary N) is 1. The van der Waals surface area contributed by atoms with Crippen LogP contribution < -0.4 is 10.1 Å². The number of hydrogen-bond acceptors (Lipinski definition) is 9. The quantitative estimate of drug-likeness (QED) is 0.259. The van der Waals surface area contributed by atoms with Crippen LogP contribution >= 0.6 is 11.3 Å². The molecule has 1 aromatic heterocycles. The van der Waals surface area contributed by atoms with Gasteiger partial charge in [0.15, 0.2) is 19.0 Å². The number of esters is 2. The van der Waals surface area contributed by atoms with Gasteiger partial charge in [-0.1, -0.05) is 6.07 Å². The third kappa shape index (κ3) is 8.69. The van der Waals surface area contributed by atoms with Crippen LogP contribution in [0.5, 0.6) is 5.75 Å². The van der Waals surface area contributed by atoms with Crippen LogP contribution in [-0.4, -0.2) is 49.7 Å². The molecule has 0 aliphatic carbocycles. The third-order valence-electron chi connectivity index (χ3n) is 5.10. The molecular formula is C27H25NO8S. The van der Waals surface area contributed by atoms with Crippen LogP contribution in [-0.2, 0) is 19.1 Å². The van der Waals surface area contributed by atoms with Gasteiger partial charge in [0, 0.05) is 24.1 Å². The zero-order chi connectivity index (χ0) is 26.6. The normalized spacial score (nSPS) is 10.3. The number of ketones is 2. The number of ether oxygens (including phenoxy) is 3. The summed E-state index contributed by atoms with van der Waals surface area (Å²) < 4.78 is 15.1. The fourth-order valence-corrected chi connectivity index (χ4v) is 3.76. The van der Waals surface area contributed by atoms with Gasteiger partial charge in [0.1, 0.15) is 5.75 Å². The largest absolute Gasteiger partial charge is 0.497 e. The summed E-state index contributed by atoms with van der Waals surface area (Å²) in [7, 11) is 1.52. The Bertz CT molecular complexity index is 1230. The van der Waals surface area contributed by atoms with Crippen molar-refractivity contribution in [1.29, 1.82) is 0 Å². The summed E-state index contributed by atoms with van der Waals surface area (Å²) in [6, 6.07) is 15.9. The fourth-order valence-electron chi connectivity index (χ4n) is 3.11. The van der Waals surface area contributed by atoms with E-state index < -0.39 is 18.5 Å². The lowest BCUT2D eigenvalue weighted by Gasteiger charge is -2.08. The number of thiophene rings is 1. The zero-order valence-electron chi connectivity index (χ0n) is 20.1. The van der Waals surface area contributed by atoms with E-state index in [1.807, 2.05) is 0 Å². The van der Waals surface area contributed by atoms with E-state index in [4.69, 9.17) is 14.2 Å². The Labute approximate surface area is 217 Å². The van der Waals surface area contributed by atoms with E-state index in [9.17, 15) is 24.0 Å². The van der Waals surface area contributed by atoms with Crippen molar-refractivity contribution in [2.75, 3.05) is 25.6 Å². The first kappa shape index (κ1) is 27.3. The first-order valence-corrected chi connectivity index (χ1v) is 12.2. The second-order valence-corrected chi connectivity index (χ2v) is 8.72. The highest BCUT2D eigenvalue weighted by atomic mass is 32.1. The summed E-state index contributed by atoms with van der Waals surface area (Å²) in [5.74, 6) is -1.54. The van der Waals surface area contributed by atoms with Crippen molar-refractivity contribution in [3.63, 3.8) is 0 Å². The second-order valence-electron chi connectivity index (χ2n) is 7.77. The molecule has 1 heterocycles. The van der Waals surface area contributed by atoms with Gasteiger partial charge >= 0.3 is 11.9 Å². The van der Waals surface area contributed by atoms with Crippen LogP contribution in [0, 0.1) is 0 Å². The van der Waals surface area contributed by atoms with E-state index in [2.05, 4.69) is 5.32 Å². The number of rotatable bonds is 13. The Morgan fingerprint density at radius 3 is 2.11 bits per heavy atom. The average molecular weight is 524 g/mol. The number of anilines is 1. The highest BCUT2D eigenvalue weighted by Gasteiger charge is 2.14. The molecule has 0 aliphatic rings. The molecule has 0 saturated carbocycles. The maximum Gasteiger partial charge on any atom is 0.338 e. The molecular weight excluding hydrogens is 498 g/mol. The van der Waals surface area contributed by atoms with Gasteiger partial charge in [-0.2, -0.15) is 0 Å². The van der Waals surface area contributed by atoms with Crippen LogP contribution in [0.1, 0.15) is 49.7 Å². The van der Waals surface area contributed by atoms with Crippen molar-refractivity contribution in [2.45, 2.75) is 19.3 Å². The first-order chi connectivity index (χ1) is 17.9. The highest BCUT2D eigenvalue weighted by Crippen LogP contribution is 2.14. The Kier molecular flexibility index (Phi) is 10.1. The van der Waals surface area contributed by atoms with Gasteiger partial charge in [-0.25, -0.2) is 4.79 Å². The zero-order valence-corrected chi connectivity index (χ0v) is 20.9. The summed E-state index contributed by atoms with van der Waals surface area (Å²) in [4.78, 5) is 60.7. The van der Waals surface area contributed by atoms with E-state index in [1.165, 1.54) is 42.7 Å². The first-order valence-electron chi connectivity index (χ1n) is 11.3. The second kappa shape index (κ2) is 13.7. The van der Waals surface area contributed by atoms with Crippen LogP contribution in [0.15, 0.2) is 66.0 Å². The number of amides is 1. The van der Waals surface area contributed by atoms with Crippen molar-refractivity contribution >= 4 is 46.4 Å². The highest BCUT2D eigenvalue weighted by molar-refractivity contribution is 7.12. The molecule has 3 aromatic rings. The van der Waals surface area contributed by atoms with Gasteiger partial charge in [0.05, 0.1) is 17.6 Å². The number of hydrogen-bond donors (Lipinski definition) is 1. The Morgan fingerprint density at radius 1 is 0.784 bits per heavy atom. The van der Waals surface area contributed by atoms with Crippen molar-refractivity contribution in [3.05, 3.63) is 82.0 Å². The summed E-state index contributed by atoms with van der Waals surface area (Å²) >= 11 is 1.27. The minimum Gasteiger partial charge on any atom is -0.497 e. The molecule has 0 radical (unpaired) electrons. The molecule has 3 rings (SSSR count). The molecule has 10 heteroatoms. The molecule has 2 aromatic carbocycles. The van der Waals surface area contributed by atoms with Crippen LogP contribution in [0.25, 0.3) is 0 Å². The molecule has 1 amide bonds. The summed E-state index contributed by atoms with van der Waals surface area (Å²) in [6.07, 6.45) is 0.334. The smallest absolute Gasteiger partial charge is 0.338 e. The van der Waals surface area contributed by atoms with E-state index in [0.717, 1.165) is 0 Å². The molecule has 9 nitrogen and oxygen atoms in total. The topological polar surface area (TPSA) is 125 Å². The third-order valence-corrected chi connectivity index (χ3v) is 6.01. The number of methoxy groups -OCH3 is 1. The lowest BCUT2D eigenvalue weighted by molar-refractivity contribution is -0.142. The van der Waals surface area contributed by atoms with E-state index in [-0.39, 0.29) is 48.9 Å². The monoisotopic (exact) mass is 523 g/mol. The number of carbonyl (C=O) groups excluding carboxylic acids is 5. The summed E-state index contributed by atoms with van der Waals surface area (Å²) in [5.41, 5.74) is 1.08. The van der Waals surface area contributed by atoms with Gasteiger partial charge in [-0.05, 0) is 66.4 Å². The summed E-state index contributed by atoms with van der Waals surface area (Å²) in [6.45, 7) is -0.732. The van der Waals surface area contributed by atoms with Crippen LogP contribution in [0.4, 0.5) is 5.69 Å². The standard InChI is InChI=1S/C27H25NO8S/c1-34-21-13-9-18(10-14-21)22(29)16-36-27(33)19-7-11-20(12-8-19)28-25(31)5-2-6-26(32)35-17-23(30)24-4-3-15-37-24/h3-4,7-15H,2,5-6,16-17H2,1H3,(H,28,31). The van der Waals surface area contributed by atoms with E-state index in [1.54, 1.807) is 41.8 Å². The molecule has 0 atom stereocenters. The van der Waals surface area contributed by atoms with Gasteiger partial charge in [0.25, 0.3) is 0 Å². The van der Waals surface area contributed by atoms with Gasteiger partial charge in [-0.3, -0.25) is 19.2 Å². The predicted octanol–water partition coefficient (Wildman–Crippen LogP) is 4.33. The van der Waals surface area contributed by atoms with Crippen molar-refractivity contribution in [2.24, 2.45) is 0 Å². The predicted molar refractivity (Wildman–Crippen MR) is 136 cm³/mol. The van der Waals surface area contributed by atoms with Gasteiger partial charge in [-0.15, -0.1) is 11.3 Å². The lowest BCUT2D eigenvalue weighted by Crippen LogP contribution is -2.15. The SMILES string of the molecule is COc1ccc(C(=O)COC(=O)c2ccc(NC(=O)CCCC(=O)OCC(=O)c3cccs3)cc2)cc1. The molecule has 192 valence electrons. The van der Waals surface area contributed by atoms with Crippen molar-refractivity contribution < 1.29 is 38.2 Å². The molecule has 0 aliphatic heterocycles. The number of benzene rings is 2. The molecule has 0 spiro atoms. The van der Waals surface area contributed by atoms with E-state index >= 15 is 0 Å². The molecule has 0 saturated heterocycles. The Hall–Kier alpha value is -4.31. The van der Waals surface area contributed by atoms with Gasteiger partial charge < -0.3 is 19.5 Å². The van der Waals surface area contributed by atoms with Gasteiger partial charge in [0.2, 0.25) is 11.7 Å². The fraction of sp³-hybridized carbons (Fsp3) is 0.222. The van der Waals surface area contributed by atoms with Crippen molar-refractivity contribution in [1.82, 2.24) is 0 Å². The van der Waals surface area contributed by atoms with Crippen LogP contribution in [0.3, 0.4) is 0 Å².